The summed E-state index contributed by atoms with van der Waals surface area (Å²) in [5, 5.41) is 2.58. The van der Waals surface area contributed by atoms with Gasteiger partial charge in [-0.1, -0.05) is 218 Å². The lowest BCUT2D eigenvalue weighted by atomic mass is 9.65. The molecule has 0 fully saturated rings. The van der Waals surface area contributed by atoms with Gasteiger partial charge < -0.3 is 9.47 Å². The lowest BCUT2D eigenvalue weighted by molar-refractivity contribution is 0.748. The van der Waals surface area contributed by atoms with Crippen molar-refractivity contribution in [3.8, 4) is 39.1 Å². The zero-order valence-electron chi connectivity index (χ0n) is 38.3. The number of para-hydroxylation sites is 4. The number of anilines is 3. The van der Waals surface area contributed by atoms with E-state index in [4.69, 9.17) is 0 Å². The van der Waals surface area contributed by atoms with Gasteiger partial charge >= 0.3 is 0 Å². The molecule has 0 amide bonds. The van der Waals surface area contributed by atoms with Crippen LogP contribution in [0, 0.1) is 0 Å². The van der Waals surface area contributed by atoms with Crippen molar-refractivity contribution >= 4 is 38.9 Å². The van der Waals surface area contributed by atoms with Gasteiger partial charge in [0.15, 0.2) is 0 Å². The van der Waals surface area contributed by atoms with E-state index < -0.39 is 10.8 Å². The normalized spacial score (nSPS) is 15.3. The molecule has 11 aromatic carbocycles. The molecule has 0 bridgehead atoms. The fourth-order valence-corrected chi connectivity index (χ4v) is 13.2. The second-order valence-electron chi connectivity index (χ2n) is 19.1. The summed E-state index contributed by atoms with van der Waals surface area (Å²) in [5.41, 5.74) is 24.1. The topological polar surface area (TPSA) is 8.17 Å². The predicted molar refractivity (Wildman–Crippen MR) is 289 cm³/mol. The molecule has 1 atom stereocenters. The third kappa shape index (κ3) is 5.07. The van der Waals surface area contributed by atoms with E-state index in [1.165, 1.54) is 105 Å². The molecular weight excluding hydrogens is 845 g/mol. The predicted octanol–water partition coefficient (Wildman–Crippen LogP) is 17.0. The maximum Gasteiger partial charge on any atom is 0.0754 e. The summed E-state index contributed by atoms with van der Waals surface area (Å²) in [4.78, 5) is 2.42. The van der Waals surface area contributed by atoms with Gasteiger partial charge in [-0.15, -0.1) is 0 Å². The Morgan fingerprint density at radius 2 is 0.814 bits per heavy atom. The maximum atomic E-state index is 2.52. The summed E-state index contributed by atoms with van der Waals surface area (Å²) in [7, 11) is 0. The van der Waals surface area contributed by atoms with Crippen molar-refractivity contribution in [1.82, 2.24) is 4.57 Å². The number of aromatic nitrogens is 1. The van der Waals surface area contributed by atoms with Gasteiger partial charge in [-0.25, -0.2) is 0 Å². The molecule has 0 N–H and O–H groups in total. The SMILES string of the molecule is c1ccc(N(c2ccc(-c3cccc4c3-c3ccccc3C43c4ccccc4-n4c5ccccc5c5cccc3c54)cc2)c2ccc3c(c2)C(c2ccccc2)(c2ccccc2)c2ccccc2-3)cc1. The highest BCUT2D eigenvalue weighted by molar-refractivity contribution is 6.13. The Bertz CT molecular complexity index is 4010. The van der Waals surface area contributed by atoms with Gasteiger partial charge in [0, 0.05) is 27.8 Å². The summed E-state index contributed by atoms with van der Waals surface area (Å²) >= 11 is 0. The largest absolute Gasteiger partial charge is 0.310 e. The van der Waals surface area contributed by atoms with Crippen LogP contribution in [0.25, 0.3) is 60.9 Å². The number of nitrogens with zero attached hydrogens (tertiary/aromatic N) is 2. The molecule has 0 saturated carbocycles. The average Bonchev–Trinajstić information content (AvgIpc) is 4.05. The molecule has 1 aliphatic heterocycles. The molecule has 3 aliphatic rings. The van der Waals surface area contributed by atoms with E-state index in [1.54, 1.807) is 0 Å². The molecule has 1 spiro atoms. The summed E-state index contributed by atoms with van der Waals surface area (Å²) in [6.07, 6.45) is 0. The summed E-state index contributed by atoms with van der Waals surface area (Å²) in [6, 6.07) is 99.6. The van der Waals surface area contributed by atoms with Crippen molar-refractivity contribution in [2.45, 2.75) is 10.8 Å². The van der Waals surface area contributed by atoms with Gasteiger partial charge in [0.25, 0.3) is 0 Å². The Hall–Kier alpha value is -8.98. The third-order valence-corrected chi connectivity index (χ3v) is 15.9. The molecular formula is C68H44N2. The van der Waals surface area contributed by atoms with Gasteiger partial charge in [0.05, 0.1) is 27.6 Å². The zero-order valence-corrected chi connectivity index (χ0v) is 38.3. The molecule has 0 saturated heterocycles. The van der Waals surface area contributed by atoms with Crippen LogP contribution in [0.5, 0.6) is 0 Å². The number of hydrogen-bond donors (Lipinski definition) is 0. The minimum Gasteiger partial charge on any atom is -0.310 e. The molecule has 1 aromatic heterocycles. The van der Waals surface area contributed by atoms with Crippen LogP contribution in [-0.2, 0) is 10.8 Å². The standard InChI is InChI=1S/C68H44N2/c1-4-20-46(21-5-1)67(47-22-6-2-7-23-47)57-31-13-10-26-52(57)53-43-42-50(44-62(53)67)69(48-24-8-3-9-25-48)49-40-38-45(39-41-49)51-29-18-34-60-65(51)56-28-11-14-32-58(56)68(60)59-33-15-17-37-64(59)70-63-36-16-12-27-54(63)55-30-19-35-61(68)66(55)70/h1-44H. The van der Waals surface area contributed by atoms with E-state index in [9.17, 15) is 0 Å². The van der Waals surface area contributed by atoms with Gasteiger partial charge in [-0.05, 0) is 126 Å². The molecule has 2 aliphatic carbocycles. The van der Waals surface area contributed by atoms with Crippen LogP contribution in [0.3, 0.4) is 0 Å². The minimum atomic E-state index is -0.506. The lowest BCUT2D eigenvalue weighted by Gasteiger charge is -2.39. The first-order valence-corrected chi connectivity index (χ1v) is 24.4. The Balaban J connectivity index is 0.913. The van der Waals surface area contributed by atoms with Crippen LogP contribution >= 0.6 is 0 Å². The molecule has 70 heavy (non-hydrogen) atoms. The Labute approximate surface area is 407 Å². The monoisotopic (exact) mass is 888 g/mol. The van der Waals surface area contributed by atoms with Crippen LogP contribution in [-0.4, -0.2) is 4.57 Å². The van der Waals surface area contributed by atoms with Crippen molar-refractivity contribution in [2.24, 2.45) is 0 Å². The molecule has 0 radical (unpaired) electrons. The van der Waals surface area contributed by atoms with Gasteiger partial charge in [-0.2, -0.15) is 0 Å². The van der Waals surface area contributed by atoms with E-state index in [0.29, 0.717) is 0 Å². The van der Waals surface area contributed by atoms with Crippen molar-refractivity contribution < 1.29 is 0 Å². The van der Waals surface area contributed by atoms with Crippen LogP contribution in [0.2, 0.25) is 0 Å². The second-order valence-corrected chi connectivity index (χ2v) is 19.1. The highest BCUT2D eigenvalue weighted by Gasteiger charge is 2.51. The highest BCUT2D eigenvalue weighted by Crippen LogP contribution is 2.63. The van der Waals surface area contributed by atoms with E-state index in [0.717, 1.165) is 17.1 Å². The minimum absolute atomic E-state index is 0.501. The van der Waals surface area contributed by atoms with Crippen molar-refractivity contribution in [2.75, 3.05) is 4.90 Å². The molecule has 2 nitrogen and oxygen atoms in total. The van der Waals surface area contributed by atoms with Crippen molar-refractivity contribution in [3.63, 3.8) is 0 Å². The Morgan fingerprint density at radius 1 is 0.300 bits per heavy atom. The highest BCUT2D eigenvalue weighted by atomic mass is 15.1. The van der Waals surface area contributed by atoms with Crippen LogP contribution < -0.4 is 4.90 Å². The number of benzene rings is 11. The Morgan fingerprint density at radius 3 is 1.57 bits per heavy atom. The van der Waals surface area contributed by atoms with E-state index in [2.05, 4.69) is 276 Å². The van der Waals surface area contributed by atoms with E-state index >= 15 is 0 Å². The third-order valence-electron chi connectivity index (χ3n) is 15.9. The van der Waals surface area contributed by atoms with Crippen molar-refractivity contribution in [1.29, 1.82) is 0 Å². The molecule has 2 heteroatoms. The quantitative estimate of drug-likeness (QED) is 0.161. The summed E-state index contributed by atoms with van der Waals surface area (Å²) < 4.78 is 2.52. The number of hydrogen-bond acceptors (Lipinski definition) is 1. The zero-order chi connectivity index (χ0) is 46.0. The fraction of sp³-hybridized carbons (Fsp3) is 0.0294. The van der Waals surface area contributed by atoms with Crippen LogP contribution in [0.4, 0.5) is 17.1 Å². The molecule has 15 rings (SSSR count). The van der Waals surface area contributed by atoms with Crippen LogP contribution in [0.15, 0.2) is 267 Å². The van der Waals surface area contributed by atoms with Gasteiger partial charge in [0.2, 0.25) is 0 Å². The fourth-order valence-electron chi connectivity index (χ4n) is 13.2. The molecule has 2 heterocycles. The first-order valence-electron chi connectivity index (χ1n) is 24.4. The van der Waals surface area contributed by atoms with Gasteiger partial charge in [0.1, 0.15) is 0 Å². The van der Waals surface area contributed by atoms with E-state index in [-0.39, 0.29) is 0 Å². The smallest absolute Gasteiger partial charge is 0.0754 e. The van der Waals surface area contributed by atoms with E-state index in [1.807, 2.05) is 0 Å². The first-order chi connectivity index (χ1) is 34.8. The second kappa shape index (κ2) is 14.8. The number of rotatable bonds is 6. The molecule has 326 valence electrons. The maximum absolute atomic E-state index is 2.52. The molecule has 1 unspecified atom stereocenters. The lowest BCUT2D eigenvalue weighted by Crippen LogP contribution is -2.33. The number of fused-ring (bicyclic) bond motifs is 15. The summed E-state index contributed by atoms with van der Waals surface area (Å²) in [6.45, 7) is 0. The average molecular weight is 889 g/mol. The van der Waals surface area contributed by atoms with Gasteiger partial charge in [-0.3, -0.25) is 0 Å². The van der Waals surface area contributed by atoms with Crippen molar-refractivity contribution in [3.05, 3.63) is 311 Å². The Kier molecular flexibility index (Phi) is 8.24. The summed E-state index contributed by atoms with van der Waals surface area (Å²) in [5.74, 6) is 0. The molecule has 12 aromatic rings. The van der Waals surface area contributed by atoms with Crippen LogP contribution in [0.1, 0.15) is 44.5 Å². The first kappa shape index (κ1) is 39.1.